The number of ether oxygens (including phenoxy) is 3. The second kappa shape index (κ2) is 8.79. The molecule has 2 aromatic carbocycles. The minimum absolute atomic E-state index is 0.0432. The Morgan fingerprint density at radius 3 is 2.14 bits per heavy atom. The minimum atomic E-state index is -0.672. The number of nitro benzene ring substituents is 1. The Kier molecular flexibility index (Phi) is 6.69. The van der Waals surface area contributed by atoms with Gasteiger partial charge in [-0.2, -0.15) is 0 Å². The van der Waals surface area contributed by atoms with Gasteiger partial charge in [0.1, 0.15) is 5.56 Å². The average molecular weight is 409 g/mol. The zero-order valence-electron chi connectivity index (χ0n) is 16.2. The van der Waals surface area contributed by atoms with Crippen LogP contribution in [0.3, 0.4) is 0 Å². The van der Waals surface area contributed by atoms with Crippen molar-refractivity contribution in [3.05, 3.63) is 56.6 Å². The van der Waals surface area contributed by atoms with Crippen molar-refractivity contribution in [1.29, 1.82) is 0 Å². The van der Waals surface area contributed by atoms with Gasteiger partial charge in [0.25, 0.3) is 5.91 Å². The molecule has 8 nitrogen and oxygen atoms in total. The van der Waals surface area contributed by atoms with Crippen LogP contribution in [0.15, 0.2) is 30.3 Å². The van der Waals surface area contributed by atoms with Crippen LogP contribution in [0.1, 0.15) is 28.9 Å². The molecule has 0 saturated heterocycles. The highest BCUT2D eigenvalue weighted by Crippen LogP contribution is 2.46. The third-order valence-electron chi connectivity index (χ3n) is 4.47. The van der Waals surface area contributed by atoms with E-state index in [2.05, 4.69) is 0 Å². The summed E-state index contributed by atoms with van der Waals surface area (Å²) in [5.41, 5.74) is 0.179. The molecule has 28 heavy (non-hydrogen) atoms. The summed E-state index contributed by atoms with van der Waals surface area (Å²) in [5.74, 6) is -0.543. The van der Waals surface area contributed by atoms with Crippen LogP contribution in [0.25, 0.3) is 0 Å². The average Bonchev–Trinajstić information content (AvgIpc) is 2.70. The first-order valence-electron chi connectivity index (χ1n) is 8.26. The number of carbonyl (C=O) groups excluding carboxylic acids is 1. The number of nitrogens with zero attached hydrogens (tertiary/aromatic N) is 2. The first-order valence-corrected chi connectivity index (χ1v) is 8.64. The Balaban J connectivity index is 2.56. The summed E-state index contributed by atoms with van der Waals surface area (Å²) in [4.78, 5) is 25.6. The van der Waals surface area contributed by atoms with E-state index in [0.717, 1.165) is 5.56 Å². The zero-order valence-corrected chi connectivity index (χ0v) is 16.9. The molecule has 0 N–H and O–H groups in total. The predicted molar refractivity (Wildman–Crippen MR) is 105 cm³/mol. The van der Waals surface area contributed by atoms with Crippen LogP contribution in [-0.4, -0.2) is 44.1 Å². The molecule has 2 rings (SSSR count). The molecule has 0 radical (unpaired) electrons. The Bertz CT molecular complexity index is 885. The monoisotopic (exact) mass is 408 g/mol. The van der Waals surface area contributed by atoms with Crippen LogP contribution in [0.2, 0.25) is 5.02 Å². The third-order valence-corrected chi connectivity index (χ3v) is 4.72. The summed E-state index contributed by atoms with van der Waals surface area (Å²) in [6, 6.07) is 7.94. The lowest BCUT2D eigenvalue weighted by Gasteiger charge is -2.26. The Morgan fingerprint density at radius 2 is 1.68 bits per heavy atom. The quantitative estimate of drug-likeness (QED) is 0.505. The number of nitro groups is 1. The summed E-state index contributed by atoms with van der Waals surface area (Å²) >= 11 is 5.91. The highest BCUT2D eigenvalue weighted by atomic mass is 35.5. The maximum absolute atomic E-state index is 13.1. The van der Waals surface area contributed by atoms with Crippen molar-refractivity contribution in [3.63, 3.8) is 0 Å². The molecule has 9 heteroatoms. The molecule has 0 fully saturated rings. The fourth-order valence-electron chi connectivity index (χ4n) is 2.82. The highest BCUT2D eigenvalue weighted by Gasteiger charge is 2.34. The summed E-state index contributed by atoms with van der Waals surface area (Å²) in [6.45, 7) is 1.81. The van der Waals surface area contributed by atoms with Gasteiger partial charge in [-0.25, -0.2) is 0 Å². The molecule has 0 aliphatic rings. The molecule has 1 atom stereocenters. The first kappa shape index (κ1) is 21.3. The first-order chi connectivity index (χ1) is 13.3. The van der Waals surface area contributed by atoms with E-state index in [-0.39, 0.29) is 28.9 Å². The van der Waals surface area contributed by atoms with Crippen LogP contribution in [-0.2, 0) is 0 Å². The van der Waals surface area contributed by atoms with Gasteiger partial charge in [-0.05, 0) is 24.6 Å². The normalized spacial score (nSPS) is 11.5. The molecule has 0 saturated carbocycles. The van der Waals surface area contributed by atoms with Gasteiger partial charge in [0.15, 0.2) is 5.75 Å². The number of methoxy groups -OCH3 is 3. The predicted octanol–water partition coefficient (Wildman–Crippen LogP) is 4.11. The number of halogens is 1. The Morgan fingerprint density at radius 1 is 1.11 bits per heavy atom. The molecule has 1 amide bonds. The summed E-state index contributed by atoms with van der Waals surface area (Å²) < 4.78 is 15.6. The number of hydrogen-bond donors (Lipinski definition) is 0. The van der Waals surface area contributed by atoms with Gasteiger partial charge in [-0.15, -0.1) is 0 Å². The van der Waals surface area contributed by atoms with E-state index in [1.807, 2.05) is 6.92 Å². The smallest absolute Gasteiger partial charge is 0.327 e. The molecule has 150 valence electrons. The van der Waals surface area contributed by atoms with E-state index in [4.69, 9.17) is 25.8 Å². The SMILES string of the molecule is COc1cc(C(=O)N(C)[C@@H](C)c2ccc(Cl)cc2)c([N+](=O)[O-])c(OC)c1OC. The van der Waals surface area contributed by atoms with Crippen molar-refractivity contribution in [2.24, 2.45) is 0 Å². The van der Waals surface area contributed by atoms with Crippen LogP contribution >= 0.6 is 11.6 Å². The summed E-state index contributed by atoms with van der Waals surface area (Å²) in [6.07, 6.45) is 0. The lowest BCUT2D eigenvalue weighted by Crippen LogP contribution is -2.30. The molecule has 0 unspecified atom stereocenters. The van der Waals surface area contributed by atoms with Crippen LogP contribution < -0.4 is 14.2 Å². The fourth-order valence-corrected chi connectivity index (χ4v) is 2.94. The van der Waals surface area contributed by atoms with Crippen molar-refractivity contribution in [3.8, 4) is 17.2 Å². The van der Waals surface area contributed by atoms with Crippen molar-refractivity contribution in [2.75, 3.05) is 28.4 Å². The molecule has 0 bridgehead atoms. The van der Waals surface area contributed by atoms with Crippen LogP contribution in [0, 0.1) is 10.1 Å². The maximum Gasteiger partial charge on any atom is 0.327 e. The number of hydrogen-bond acceptors (Lipinski definition) is 6. The lowest BCUT2D eigenvalue weighted by atomic mass is 10.0. The fraction of sp³-hybridized carbons (Fsp3) is 0.316. The van der Waals surface area contributed by atoms with Gasteiger partial charge in [-0.3, -0.25) is 14.9 Å². The second-order valence-corrected chi connectivity index (χ2v) is 6.38. The van der Waals surface area contributed by atoms with Crippen LogP contribution in [0.5, 0.6) is 17.2 Å². The minimum Gasteiger partial charge on any atom is -0.493 e. The molecule has 0 spiro atoms. The van der Waals surface area contributed by atoms with Gasteiger partial charge in [-0.1, -0.05) is 23.7 Å². The van der Waals surface area contributed by atoms with Gasteiger partial charge in [0, 0.05) is 18.1 Å². The maximum atomic E-state index is 13.1. The molecular weight excluding hydrogens is 388 g/mol. The number of amides is 1. The summed E-state index contributed by atoms with van der Waals surface area (Å²) in [5, 5.41) is 12.3. The van der Waals surface area contributed by atoms with E-state index < -0.39 is 16.5 Å². The van der Waals surface area contributed by atoms with Crippen molar-refractivity contribution in [2.45, 2.75) is 13.0 Å². The zero-order chi connectivity index (χ0) is 21.0. The molecule has 0 aliphatic heterocycles. The van der Waals surface area contributed by atoms with Crippen molar-refractivity contribution < 1.29 is 23.9 Å². The van der Waals surface area contributed by atoms with Crippen molar-refractivity contribution >= 4 is 23.2 Å². The Hall–Kier alpha value is -3.00. The molecule has 0 aliphatic carbocycles. The van der Waals surface area contributed by atoms with E-state index in [1.165, 1.54) is 32.3 Å². The largest absolute Gasteiger partial charge is 0.493 e. The number of rotatable bonds is 7. The third kappa shape index (κ3) is 3.96. The molecule has 0 aromatic heterocycles. The summed E-state index contributed by atoms with van der Waals surface area (Å²) in [7, 11) is 5.53. The highest BCUT2D eigenvalue weighted by molar-refractivity contribution is 6.30. The van der Waals surface area contributed by atoms with E-state index in [0.29, 0.717) is 5.02 Å². The van der Waals surface area contributed by atoms with E-state index in [1.54, 1.807) is 31.3 Å². The number of benzene rings is 2. The molecule has 0 heterocycles. The Labute approximate surface area is 167 Å². The lowest BCUT2D eigenvalue weighted by molar-refractivity contribution is -0.386. The standard InChI is InChI=1S/C19H21ClN2O6/c1-11(12-6-8-13(20)9-7-12)21(2)19(23)14-10-15(26-3)17(27-4)18(28-5)16(14)22(24)25/h6-11H,1-5H3/t11-/m0/s1. The van der Waals surface area contributed by atoms with Crippen LogP contribution in [0.4, 0.5) is 5.69 Å². The molecular formula is C19H21ClN2O6. The van der Waals surface area contributed by atoms with Gasteiger partial charge in [0.2, 0.25) is 11.5 Å². The molecule has 2 aromatic rings. The van der Waals surface area contributed by atoms with Gasteiger partial charge >= 0.3 is 5.69 Å². The topological polar surface area (TPSA) is 91.1 Å². The van der Waals surface area contributed by atoms with Gasteiger partial charge < -0.3 is 19.1 Å². The number of carbonyl (C=O) groups is 1. The second-order valence-electron chi connectivity index (χ2n) is 5.94. The van der Waals surface area contributed by atoms with Gasteiger partial charge in [0.05, 0.1) is 32.3 Å². The van der Waals surface area contributed by atoms with Crippen molar-refractivity contribution in [1.82, 2.24) is 4.90 Å². The van der Waals surface area contributed by atoms with E-state index >= 15 is 0 Å². The van der Waals surface area contributed by atoms with E-state index in [9.17, 15) is 14.9 Å².